The number of benzene rings is 1. The molecule has 1 aromatic rings. The first-order chi connectivity index (χ1) is 8.67. The predicted octanol–water partition coefficient (Wildman–Crippen LogP) is 3.34. The lowest BCUT2D eigenvalue weighted by atomic mass is 9.79. The molecular weight excluding hydrogens is 291 g/mol. The molecule has 1 rings (SSSR count). The van der Waals surface area contributed by atoms with Gasteiger partial charge in [-0.05, 0) is 39.7 Å². The van der Waals surface area contributed by atoms with E-state index in [0.29, 0.717) is 11.1 Å². The van der Waals surface area contributed by atoms with E-state index in [1.165, 1.54) is 0 Å². The minimum absolute atomic E-state index is 0.0444. The minimum Gasteiger partial charge on any atom is -0.282 e. The Morgan fingerprint density at radius 3 is 1.70 bits per heavy atom. The van der Waals surface area contributed by atoms with Crippen LogP contribution >= 0.6 is 9.24 Å². The Kier molecular flexibility index (Phi) is 4.47. The fourth-order valence-corrected chi connectivity index (χ4v) is 4.23. The molecule has 0 aliphatic rings. The van der Waals surface area contributed by atoms with Crippen LogP contribution in [0, 0.1) is 6.92 Å². The molecular formula is C15H25O3PS. The fourth-order valence-electron chi connectivity index (χ4n) is 2.32. The molecule has 0 aromatic heterocycles. The second kappa shape index (κ2) is 5.08. The van der Waals surface area contributed by atoms with E-state index in [4.69, 9.17) is 0 Å². The van der Waals surface area contributed by atoms with Crippen LogP contribution in [0.5, 0.6) is 0 Å². The first kappa shape index (κ1) is 17.6. The van der Waals surface area contributed by atoms with Gasteiger partial charge in [0.05, 0.1) is 0 Å². The van der Waals surface area contributed by atoms with E-state index in [9.17, 15) is 13.0 Å². The van der Waals surface area contributed by atoms with Gasteiger partial charge in [-0.3, -0.25) is 4.55 Å². The van der Waals surface area contributed by atoms with Crippen LogP contribution < -0.4 is 5.30 Å². The molecule has 0 saturated carbocycles. The summed E-state index contributed by atoms with van der Waals surface area (Å²) in [6, 6.07) is 1.92. The van der Waals surface area contributed by atoms with Crippen molar-refractivity contribution in [2.75, 3.05) is 0 Å². The van der Waals surface area contributed by atoms with Crippen LogP contribution in [0.3, 0.4) is 0 Å². The molecule has 20 heavy (non-hydrogen) atoms. The summed E-state index contributed by atoms with van der Waals surface area (Å²) in [6.07, 6.45) is 0. The molecule has 1 atom stereocenters. The van der Waals surface area contributed by atoms with Crippen molar-refractivity contribution in [1.29, 1.82) is 0 Å². The van der Waals surface area contributed by atoms with Gasteiger partial charge in [-0.1, -0.05) is 47.6 Å². The zero-order valence-electron chi connectivity index (χ0n) is 13.3. The minimum atomic E-state index is -4.25. The molecule has 0 spiro atoms. The first-order valence-electron chi connectivity index (χ1n) is 6.59. The maximum absolute atomic E-state index is 11.8. The van der Waals surface area contributed by atoms with Gasteiger partial charge >= 0.3 is 0 Å². The Morgan fingerprint density at radius 2 is 1.40 bits per heavy atom. The van der Waals surface area contributed by atoms with E-state index >= 15 is 0 Å². The molecule has 0 heterocycles. The van der Waals surface area contributed by atoms with Crippen LogP contribution in [0.15, 0.2) is 11.0 Å². The third-order valence-electron chi connectivity index (χ3n) is 3.44. The second-order valence-corrected chi connectivity index (χ2v) is 9.25. The van der Waals surface area contributed by atoms with Crippen molar-refractivity contribution >= 4 is 24.7 Å². The standard InChI is InChI=1S/C15H25O3PS/c1-9-12(19)10(14(2,3)4)8-11(15(5,6)7)13(9)20(16,17)18/h8H,19H2,1-7H3,(H,16,17,18). The van der Waals surface area contributed by atoms with E-state index in [1.807, 2.05) is 26.8 Å². The molecule has 0 aliphatic carbocycles. The van der Waals surface area contributed by atoms with Crippen LogP contribution in [0.1, 0.15) is 58.2 Å². The molecule has 0 saturated heterocycles. The molecule has 0 bridgehead atoms. The van der Waals surface area contributed by atoms with Gasteiger partial charge in [-0.25, -0.2) is 0 Å². The fraction of sp³-hybridized carbons (Fsp3) is 0.600. The molecule has 0 fully saturated rings. The average molecular weight is 316 g/mol. The zero-order valence-corrected chi connectivity index (χ0v) is 15.3. The molecule has 0 aliphatic heterocycles. The number of hydrogen-bond acceptors (Lipinski definition) is 2. The van der Waals surface area contributed by atoms with Gasteiger partial charge in [0, 0.05) is 0 Å². The van der Waals surface area contributed by atoms with Gasteiger partial charge in [-0.15, -0.1) is 9.24 Å². The molecule has 0 amide bonds. The first-order valence-corrected chi connectivity index (χ1v) is 8.60. The van der Waals surface area contributed by atoms with Crippen molar-refractivity contribution in [1.82, 2.24) is 0 Å². The SMILES string of the molecule is Cc1c(P)c(C(C)(C)C)cc(C(C)(C)C)c1S(=O)(=O)O. The number of rotatable bonds is 1. The largest absolute Gasteiger partial charge is 0.295 e. The van der Waals surface area contributed by atoms with E-state index in [-0.39, 0.29) is 15.7 Å². The van der Waals surface area contributed by atoms with Gasteiger partial charge in [0.25, 0.3) is 10.1 Å². The molecule has 3 nitrogen and oxygen atoms in total. The highest BCUT2D eigenvalue weighted by atomic mass is 32.2. The maximum Gasteiger partial charge on any atom is 0.295 e. The molecule has 1 aromatic carbocycles. The topological polar surface area (TPSA) is 54.4 Å². The molecule has 1 unspecified atom stereocenters. The zero-order chi connectivity index (χ0) is 16.1. The maximum atomic E-state index is 11.8. The lowest BCUT2D eigenvalue weighted by Crippen LogP contribution is -2.27. The van der Waals surface area contributed by atoms with Crippen LogP contribution in [-0.2, 0) is 20.9 Å². The summed E-state index contributed by atoms with van der Waals surface area (Å²) in [5.74, 6) is 0. The van der Waals surface area contributed by atoms with E-state index < -0.39 is 10.1 Å². The Hall–Kier alpha value is -0.440. The van der Waals surface area contributed by atoms with E-state index in [0.717, 1.165) is 10.9 Å². The summed E-state index contributed by atoms with van der Waals surface area (Å²) in [7, 11) is -1.63. The summed E-state index contributed by atoms with van der Waals surface area (Å²) in [6.45, 7) is 13.9. The summed E-state index contributed by atoms with van der Waals surface area (Å²) in [5.41, 5.74) is 1.88. The molecule has 114 valence electrons. The Balaban J connectivity index is 3.95. The Morgan fingerprint density at radius 1 is 1.00 bits per heavy atom. The van der Waals surface area contributed by atoms with Gasteiger partial charge in [0.15, 0.2) is 0 Å². The van der Waals surface area contributed by atoms with Gasteiger partial charge < -0.3 is 0 Å². The van der Waals surface area contributed by atoms with Gasteiger partial charge in [0.1, 0.15) is 4.90 Å². The van der Waals surface area contributed by atoms with Gasteiger partial charge in [0.2, 0.25) is 0 Å². The van der Waals surface area contributed by atoms with Crippen LogP contribution in [0.25, 0.3) is 0 Å². The highest BCUT2D eigenvalue weighted by Crippen LogP contribution is 2.35. The number of hydrogen-bond donors (Lipinski definition) is 1. The van der Waals surface area contributed by atoms with Crippen molar-refractivity contribution in [3.05, 3.63) is 22.8 Å². The average Bonchev–Trinajstić information content (AvgIpc) is 2.15. The van der Waals surface area contributed by atoms with Crippen molar-refractivity contribution in [2.45, 2.75) is 64.2 Å². The third kappa shape index (κ3) is 3.41. The summed E-state index contributed by atoms with van der Waals surface area (Å²) in [5, 5.41) is 0.845. The molecule has 0 radical (unpaired) electrons. The Labute approximate surface area is 125 Å². The normalized spacial score (nSPS) is 13.7. The lowest BCUT2D eigenvalue weighted by Gasteiger charge is -2.30. The van der Waals surface area contributed by atoms with Crippen molar-refractivity contribution in [2.24, 2.45) is 0 Å². The van der Waals surface area contributed by atoms with Crippen LogP contribution in [0.4, 0.5) is 0 Å². The monoisotopic (exact) mass is 316 g/mol. The van der Waals surface area contributed by atoms with Crippen molar-refractivity contribution in [3.8, 4) is 0 Å². The second-order valence-electron chi connectivity index (χ2n) is 7.31. The molecule has 5 heteroatoms. The quantitative estimate of drug-likeness (QED) is 0.638. The van der Waals surface area contributed by atoms with Crippen molar-refractivity contribution in [3.63, 3.8) is 0 Å². The van der Waals surface area contributed by atoms with Crippen molar-refractivity contribution < 1.29 is 13.0 Å². The van der Waals surface area contributed by atoms with Gasteiger partial charge in [-0.2, -0.15) is 8.42 Å². The van der Waals surface area contributed by atoms with Crippen LogP contribution in [0.2, 0.25) is 0 Å². The predicted molar refractivity (Wildman–Crippen MR) is 87.7 cm³/mol. The van der Waals surface area contributed by atoms with E-state index in [1.54, 1.807) is 6.92 Å². The highest BCUT2D eigenvalue weighted by molar-refractivity contribution is 7.86. The van der Waals surface area contributed by atoms with E-state index in [2.05, 4.69) is 30.0 Å². The summed E-state index contributed by atoms with van der Waals surface area (Å²) >= 11 is 0. The lowest BCUT2D eigenvalue weighted by molar-refractivity contribution is 0.474. The highest BCUT2D eigenvalue weighted by Gasteiger charge is 2.30. The molecule has 1 N–H and O–H groups in total. The summed E-state index contributed by atoms with van der Waals surface area (Å²) < 4.78 is 33.2. The summed E-state index contributed by atoms with van der Waals surface area (Å²) in [4.78, 5) is 0.0444. The third-order valence-corrected chi connectivity index (χ3v) is 5.23. The Bertz CT molecular complexity index is 633. The smallest absolute Gasteiger partial charge is 0.282 e. The van der Waals surface area contributed by atoms with Crippen LogP contribution in [-0.4, -0.2) is 13.0 Å².